The molecule has 1 N–H and O–H groups in total. The molecule has 0 bridgehead atoms. The molecule has 1 unspecified atom stereocenters. The van der Waals surface area contributed by atoms with Gasteiger partial charge in [0.2, 0.25) is 0 Å². The lowest BCUT2D eigenvalue weighted by Crippen LogP contribution is -2.34. The van der Waals surface area contributed by atoms with Gasteiger partial charge < -0.3 is 15.0 Å². The molecule has 0 aliphatic rings. The van der Waals surface area contributed by atoms with Crippen LogP contribution in [0.3, 0.4) is 0 Å². The summed E-state index contributed by atoms with van der Waals surface area (Å²) in [7, 11) is 5.38. The zero-order chi connectivity index (χ0) is 9.56. The second-order valence-corrected chi connectivity index (χ2v) is 3.13. The summed E-state index contributed by atoms with van der Waals surface area (Å²) in [5.74, 6) is 0. The number of alkyl carbamates (subject to hydrolysis) is 1. The monoisotopic (exact) mass is 174 g/mol. The number of rotatable bonds is 4. The van der Waals surface area contributed by atoms with E-state index in [0.717, 1.165) is 13.0 Å². The number of ether oxygens (including phenoxy) is 1. The summed E-state index contributed by atoms with van der Waals surface area (Å²) >= 11 is 0. The van der Waals surface area contributed by atoms with E-state index in [0.29, 0.717) is 0 Å². The first-order chi connectivity index (χ1) is 5.56. The summed E-state index contributed by atoms with van der Waals surface area (Å²) in [6.45, 7) is 2.92. The molecule has 0 aliphatic heterocycles. The molecule has 0 fully saturated rings. The summed E-state index contributed by atoms with van der Waals surface area (Å²) in [5, 5.41) is 2.70. The maximum Gasteiger partial charge on any atom is 0.407 e. The van der Waals surface area contributed by atoms with Crippen molar-refractivity contribution in [3.8, 4) is 0 Å². The van der Waals surface area contributed by atoms with Gasteiger partial charge in [0.05, 0.1) is 7.11 Å². The average molecular weight is 174 g/mol. The van der Waals surface area contributed by atoms with E-state index < -0.39 is 0 Å². The first-order valence-electron chi connectivity index (χ1n) is 4.05. The molecule has 1 atom stereocenters. The Morgan fingerprint density at radius 3 is 2.58 bits per heavy atom. The molecule has 0 heterocycles. The van der Waals surface area contributed by atoms with Crippen LogP contribution in [0.15, 0.2) is 0 Å². The van der Waals surface area contributed by atoms with Crippen molar-refractivity contribution >= 4 is 6.09 Å². The van der Waals surface area contributed by atoms with Crippen molar-refractivity contribution in [2.45, 2.75) is 19.4 Å². The SMILES string of the molecule is COC(=O)NC(C)CCN(C)C. The van der Waals surface area contributed by atoms with Crippen molar-refractivity contribution in [3.63, 3.8) is 0 Å². The van der Waals surface area contributed by atoms with Gasteiger partial charge in [0.1, 0.15) is 0 Å². The van der Waals surface area contributed by atoms with Gasteiger partial charge in [0, 0.05) is 6.04 Å². The highest BCUT2D eigenvalue weighted by molar-refractivity contribution is 5.67. The van der Waals surface area contributed by atoms with Crippen molar-refractivity contribution in [3.05, 3.63) is 0 Å². The van der Waals surface area contributed by atoms with Crippen molar-refractivity contribution in [2.75, 3.05) is 27.7 Å². The average Bonchev–Trinajstić information content (AvgIpc) is 2.00. The molecule has 4 heteroatoms. The summed E-state index contributed by atoms with van der Waals surface area (Å²) in [5.41, 5.74) is 0. The highest BCUT2D eigenvalue weighted by Crippen LogP contribution is 1.92. The second-order valence-electron chi connectivity index (χ2n) is 3.13. The molecule has 72 valence electrons. The fourth-order valence-corrected chi connectivity index (χ4v) is 0.784. The van der Waals surface area contributed by atoms with Crippen molar-refractivity contribution in [1.29, 1.82) is 0 Å². The molecule has 0 aromatic rings. The Morgan fingerprint density at radius 1 is 1.58 bits per heavy atom. The minimum atomic E-state index is -0.360. The molecule has 0 rings (SSSR count). The van der Waals surface area contributed by atoms with Crippen LogP contribution in [-0.4, -0.2) is 44.8 Å². The third-order valence-electron chi connectivity index (χ3n) is 1.56. The number of hydrogen-bond donors (Lipinski definition) is 1. The van der Waals surface area contributed by atoms with Crippen LogP contribution in [0.5, 0.6) is 0 Å². The van der Waals surface area contributed by atoms with Crippen LogP contribution in [0.2, 0.25) is 0 Å². The Kier molecular flexibility index (Phi) is 5.45. The molecule has 0 spiro atoms. The number of methoxy groups -OCH3 is 1. The van der Waals surface area contributed by atoms with Crippen LogP contribution in [0.25, 0.3) is 0 Å². The number of carbonyl (C=O) groups is 1. The lowest BCUT2D eigenvalue weighted by molar-refractivity contribution is 0.166. The Balaban J connectivity index is 3.45. The number of nitrogens with one attached hydrogen (secondary N) is 1. The minimum Gasteiger partial charge on any atom is -0.453 e. The maximum absolute atomic E-state index is 10.7. The lowest BCUT2D eigenvalue weighted by Gasteiger charge is -2.15. The molecular formula is C8H18N2O2. The zero-order valence-corrected chi connectivity index (χ0v) is 8.26. The fourth-order valence-electron chi connectivity index (χ4n) is 0.784. The highest BCUT2D eigenvalue weighted by Gasteiger charge is 2.06. The second kappa shape index (κ2) is 5.83. The Hall–Kier alpha value is -0.770. The van der Waals surface area contributed by atoms with Gasteiger partial charge in [-0.2, -0.15) is 0 Å². The van der Waals surface area contributed by atoms with Crippen LogP contribution in [-0.2, 0) is 4.74 Å². The number of nitrogens with zero attached hydrogens (tertiary/aromatic N) is 1. The molecule has 1 amide bonds. The summed E-state index contributed by atoms with van der Waals surface area (Å²) in [4.78, 5) is 12.8. The van der Waals surface area contributed by atoms with Gasteiger partial charge in [0.15, 0.2) is 0 Å². The van der Waals surface area contributed by atoms with Crippen molar-refractivity contribution < 1.29 is 9.53 Å². The fraction of sp³-hybridized carbons (Fsp3) is 0.875. The molecule has 0 saturated heterocycles. The largest absolute Gasteiger partial charge is 0.453 e. The maximum atomic E-state index is 10.7. The van der Waals surface area contributed by atoms with Gasteiger partial charge in [-0.15, -0.1) is 0 Å². The summed E-state index contributed by atoms with van der Waals surface area (Å²) < 4.78 is 4.46. The van der Waals surface area contributed by atoms with Gasteiger partial charge in [-0.25, -0.2) is 4.79 Å². The Morgan fingerprint density at radius 2 is 2.17 bits per heavy atom. The smallest absolute Gasteiger partial charge is 0.407 e. The third-order valence-corrected chi connectivity index (χ3v) is 1.56. The van der Waals surface area contributed by atoms with Crippen molar-refractivity contribution in [2.24, 2.45) is 0 Å². The predicted octanol–water partition coefficient (Wildman–Crippen LogP) is 0.683. The van der Waals surface area contributed by atoms with Crippen molar-refractivity contribution in [1.82, 2.24) is 10.2 Å². The van der Waals surface area contributed by atoms with E-state index in [1.54, 1.807) is 0 Å². The van der Waals surface area contributed by atoms with Crippen LogP contribution in [0, 0.1) is 0 Å². The number of carbonyl (C=O) groups excluding carboxylic acids is 1. The third kappa shape index (κ3) is 5.97. The standard InChI is InChI=1S/C8H18N2O2/c1-7(5-6-10(2)3)9-8(11)12-4/h7H,5-6H2,1-4H3,(H,9,11). The van der Waals surface area contributed by atoms with E-state index in [9.17, 15) is 4.79 Å². The van der Waals surface area contributed by atoms with Gasteiger partial charge in [-0.05, 0) is 34.0 Å². The molecule has 0 radical (unpaired) electrons. The Bertz CT molecular complexity index is 137. The van der Waals surface area contributed by atoms with E-state index in [1.807, 2.05) is 21.0 Å². The van der Waals surface area contributed by atoms with Gasteiger partial charge >= 0.3 is 6.09 Å². The number of hydrogen-bond acceptors (Lipinski definition) is 3. The molecule has 12 heavy (non-hydrogen) atoms. The van der Waals surface area contributed by atoms with Gasteiger partial charge in [0.25, 0.3) is 0 Å². The quantitative estimate of drug-likeness (QED) is 0.681. The highest BCUT2D eigenvalue weighted by atomic mass is 16.5. The predicted molar refractivity (Wildman–Crippen MR) is 48.2 cm³/mol. The normalized spacial score (nSPS) is 12.8. The van der Waals surface area contributed by atoms with Crippen LogP contribution in [0.4, 0.5) is 4.79 Å². The summed E-state index contributed by atoms with van der Waals surface area (Å²) in [6.07, 6.45) is 0.573. The lowest BCUT2D eigenvalue weighted by atomic mass is 10.2. The molecule has 0 aromatic carbocycles. The van der Waals surface area contributed by atoms with Crippen LogP contribution in [0.1, 0.15) is 13.3 Å². The van der Waals surface area contributed by atoms with E-state index in [1.165, 1.54) is 7.11 Å². The van der Waals surface area contributed by atoms with E-state index in [4.69, 9.17) is 0 Å². The molecule has 0 saturated carbocycles. The minimum absolute atomic E-state index is 0.167. The molecule has 0 aromatic heterocycles. The first kappa shape index (κ1) is 11.2. The molecular weight excluding hydrogens is 156 g/mol. The van der Waals surface area contributed by atoms with Gasteiger partial charge in [-0.1, -0.05) is 0 Å². The van der Waals surface area contributed by atoms with Crippen LogP contribution >= 0.6 is 0 Å². The summed E-state index contributed by atoms with van der Waals surface area (Å²) in [6, 6.07) is 0.167. The van der Waals surface area contributed by atoms with E-state index >= 15 is 0 Å². The topological polar surface area (TPSA) is 41.6 Å². The molecule has 4 nitrogen and oxygen atoms in total. The Labute approximate surface area is 73.9 Å². The van der Waals surface area contributed by atoms with Crippen LogP contribution < -0.4 is 5.32 Å². The van der Waals surface area contributed by atoms with Gasteiger partial charge in [-0.3, -0.25) is 0 Å². The first-order valence-corrected chi connectivity index (χ1v) is 4.05. The zero-order valence-electron chi connectivity index (χ0n) is 8.26. The van der Waals surface area contributed by atoms with E-state index in [2.05, 4.69) is 15.0 Å². The van der Waals surface area contributed by atoms with E-state index in [-0.39, 0.29) is 12.1 Å². The number of amides is 1. The molecule has 0 aliphatic carbocycles.